The van der Waals surface area contributed by atoms with E-state index in [1.807, 2.05) is 13.8 Å². The van der Waals surface area contributed by atoms with Crippen molar-refractivity contribution in [2.75, 3.05) is 0 Å². The van der Waals surface area contributed by atoms with Crippen LogP contribution in [0.15, 0.2) is 24.9 Å². The van der Waals surface area contributed by atoms with Crippen molar-refractivity contribution in [3.8, 4) is 11.3 Å². The molecule has 0 aliphatic carbocycles. The molecular formula is C13H13FN2. The van der Waals surface area contributed by atoms with Gasteiger partial charge in [0.05, 0.1) is 11.9 Å². The topological polar surface area (TPSA) is 28.7 Å². The molecule has 0 atom stereocenters. The maximum atomic E-state index is 13.5. The second-order valence-electron chi connectivity index (χ2n) is 3.72. The number of aryl methyl sites for hydroxylation is 1. The van der Waals surface area contributed by atoms with Gasteiger partial charge in [0.25, 0.3) is 0 Å². The number of imidazole rings is 1. The summed E-state index contributed by atoms with van der Waals surface area (Å²) >= 11 is 0. The lowest BCUT2D eigenvalue weighted by Crippen LogP contribution is -1.91. The zero-order chi connectivity index (χ0) is 11.7. The Labute approximate surface area is 93.9 Å². The highest BCUT2D eigenvalue weighted by molar-refractivity contribution is 5.69. The molecule has 0 saturated heterocycles. The number of halogens is 1. The van der Waals surface area contributed by atoms with Crippen LogP contribution in [0.25, 0.3) is 17.3 Å². The smallest absolute Gasteiger partial charge is 0.130 e. The quantitative estimate of drug-likeness (QED) is 0.818. The maximum Gasteiger partial charge on any atom is 0.130 e. The number of nitrogens with one attached hydrogen (secondary N) is 1. The first-order chi connectivity index (χ1) is 7.63. The second kappa shape index (κ2) is 3.93. The second-order valence-corrected chi connectivity index (χ2v) is 3.72. The molecule has 0 spiro atoms. The summed E-state index contributed by atoms with van der Waals surface area (Å²) < 4.78 is 13.5. The number of H-pyrrole nitrogens is 1. The van der Waals surface area contributed by atoms with Gasteiger partial charge in [0, 0.05) is 11.1 Å². The van der Waals surface area contributed by atoms with Crippen LogP contribution in [0.5, 0.6) is 0 Å². The third-order valence-corrected chi connectivity index (χ3v) is 2.66. The summed E-state index contributed by atoms with van der Waals surface area (Å²) in [6.45, 7) is 7.39. The fraction of sp³-hybridized carbons (Fsp3) is 0.154. The van der Waals surface area contributed by atoms with Gasteiger partial charge in [-0.15, -0.1) is 0 Å². The normalized spacial score (nSPS) is 10.4. The predicted octanol–water partition coefficient (Wildman–Crippen LogP) is 3.48. The summed E-state index contributed by atoms with van der Waals surface area (Å²) in [5.41, 5.74) is 3.28. The highest BCUT2D eigenvalue weighted by atomic mass is 19.1. The SMILES string of the molecule is C=Cc1c(F)ccc(-c2cnc(C)[nH]2)c1C. The van der Waals surface area contributed by atoms with Crippen LogP contribution in [0, 0.1) is 19.7 Å². The van der Waals surface area contributed by atoms with Crippen molar-refractivity contribution >= 4 is 6.08 Å². The summed E-state index contributed by atoms with van der Waals surface area (Å²) in [4.78, 5) is 7.27. The van der Waals surface area contributed by atoms with Crippen molar-refractivity contribution in [3.05, 3.63) is 47.7 Å². The lowest BCUT2D eigenvalue weighted by molar-refractivity contribution is 0.624. The van der Waals surface area contributed by atoms with Crippen molar-refractivity contribution in [2.45, 2.75) is 13.8 Å². The Morgan fingerprint density at radius 2 is 2.12 bits per heavy atom. The molecule has 0 amide bonds. The zero-order valence-electron chi connectivity index (χ0n) is 9.34. The molecule has 2 rings (SSSR count). The Morgan fingerprint density at radius 3 is 2.69 bits per heavy atom. The molecule has 1 aromatic carbocycles. The molecule has 2 aromatic rings. The number of rotatable bonds is 2. The third kappa shape index (κ3) is 1.65. The van der Waals surface area contributed by atoms with Crippen molar-refractivity contribution in [3.63, 3.8) is 0 Å². The molecule has 2 nitrogen and oxygen atoms in total. The summed E-state index contributed by atoms with van der Waals surface area (Å²) in [7, 11) is 0. The van der Waals surface area contributed by atoms with Crippen molar-refractivity contribution in [1.82, 2.24) is 9.97 Å². The van der Waals surface area contributed by atoms with E-state index in [4.69, 9.17) is 0 Å². The van der Waals surface area contributed by atoms with Crippen LogP contribution < -0.4 is 0 Å². The van der Waals surface area contributed by atoms with E-state index in [0.29, 0.717) is 5.56 Å². The van der Waals surface area contributed by atoms with Gasteiger partial charge in [-0.3, -0.25) is 0 Å². The van der Waals surface area contributed by atoms with Gasteiger partial charge in [0.1, 0.15) is 11.6 Å². The van der Waals surface area contributed by atoms with Crippen LogP contribution in [-0.2, 0) is 0 Å². The maximum absolute atomic E-state index is 13.5. The Morgan fingerprint density at radius 1 is 1.38 bits per heavy atom. The molecule has 0 saturated carbocycles. The monoisotopic (exact) mass is 216 g/mol. The van der Waals surface area contributed by atoms with E-state index >= 15 is 0 Å². The molecule has 1 N–H and O–H groups in total. The highest BCUT2D eigenvalue weighted by Gasteiger charge is 2.10. The molecule has 16 heavy (non-hydrogen) atoms. The van der Waals surface area contributed by atoms with E-state index in [0.717, 1.165) is 22.6 Å². The minimum atomic E-state index is -0.243. The van der Waals surface area contributed by atoms with Gasteiger partial charge in [0.15, 0.2) is 0 Å². The number of nitrogens with zero attached hydrogens (tertiary/aromatic N) is 1. The van der Waals surface area contributed by atoms with E-state index in [-0.39, 0.29) is 5.82 Å². The van der Waals surface area contributed by atoms with Crippen LogP contribution in [-0.4, -0.2) is 9.97 Å². The predicted molar refractivity (Wildman–Crippen MR) is 63.5 cm³/mol. The van der Waals surface area contributed by atoms with E-state index in [1.165, 1.54) is 12.1 Å². The molecule has 1 aromatic heterocycles. The lowest BCUT2D eigenvalue weighted by Gasteiger charge is -2.07. The minimum Gasteiger partial charge on any atom is -0.342 e. The van der Waals surface area contributed by atoms with Gasteiger partial charge >= 0.3 is 0 Å². The van der Waals surface area contributed by atoms with Crippen LogP contribution in [0.4, 0.5) is 4.39 Å². The van der Waals surface area contributed by atoms with E-state index in [9.17, 15) is 4.39 Å². The molecule has 0 aliphatic heterocycles. The van der Waals surface area contributed by atoms with Gasteiger partial charge in [-0.1, -0.05) is 12.7 Å². The van der Waals surface area contributed by atoms with Gasteiger partial charge in [0.2, 0.25) is 0 Å². The molecule has 82 valence electrons. The minimum absolute atomic E-state index is 0.243. The first-order valence-electron chi connectivity index (χ1n) is 5.07. The fourth-order valence-corrected chi connectivity index (χ4v) is 1.80. The first kappa shape index (κ1) is 10.6. The largest absolute Gasteiger partial charge is 0.342 e. The molecule has 0 aliphatic rings. The van der Waals surface area contributed by atoms with Crippen LogP contribution in [0.2, 0.25) is 0 Å². The molecule has 3 heteroatoms. The number of hydrogen-bond acceptors (Lipinski definition) is 1. The van der Waals surface area contributed by atoms with E-state index in [2.05, 4.69) is 16.5 Å². The van der Waals surface area contributed by atoms with E-state index in [1.54, 1.807) is 12.3 Å². The number of aromatic amines is 1. The molecular weight excluding hydrogens is 203 g/mol. The summed E-state index contributed by atoms with van der Waals surface area (Å²) in [6, 6.07) is 3.21. The molecule has 0 bridgehead atoms. The number of aromatic nitrogens is 2. The zero-order valence-corrected chi connectivity index (χ0v) is 9.34. The van der Waals surface area contributed by atoms with Gasteiger partial charge in [-0.2, -0.15) is 0 Å². The Bertz CT molecular complexity index is 541. The van der Waals surface area contributed by atoms with Gasteiger partial charge in [-0.05, 0) is 31.5 Å². The Kier molecular flexibility index (Phi) is 2.60. The molecule has 0 radical (unpaired) electrons. The van der Waals surface area contributed by atoms with Crippen LogP contribution >= 0.6 is 0 Å². The van der Waals surface area contributed by atoms with Gasteiger partial charge < -0.3 is 4.98 Å². The number of hydrogen-bond donors (Lipinski definition) is 1. The summed E-state index contributed by atoms with van der Waals surface area (Å²) in [5, 5.41) is 0. The Balaban J connectivity index is 2.62. The van der Waals surface area contributed by atoms with Crippen molar-refractivity contribution in [1.29, 1.82) is 0 Å². The number of benzene rings is 1. The van der Waals surface area contributed by atoms with Crippen LogP contribution in [0.3, 0.4) is 0 Å². The lowest BCUT2D eigenvalue weighted by atomic mass is 10.00. The average molecular weight is 216 g/mol. The average Bonchev–Trinajstić information content (AvgIpc) is 2.65. The summed E-state index contributed by atoms with van der Waals surface area (Å²) in [5.74, 6) is 0.603. The van der Waals surface area contributed by atoms with Crippen molar-refractivity contribution in [2.24, 2.45) is 0 Å². The third-order valence-electron chi connectivity index (χ3n) is 2.66. The molecule has 0 fully saturated rings. The Hall–Kier alpha value is -1.90. The fourth-order valence-electron chi connectivity index (χ4n) is 1.80. The van der Waals surface area contributed by atoms with Crippen LogP contribution in [0.1, 0.15) is 17.0 Å². The highest BCUT2D eigenvalue weighted by Crippen LogP contribution is 2.26. The van der Waals surface area contributed by atoms with Gasteiger partial charge in [-0.25, -0.2) is 9.37 Å². The molecule has 0 unspecified atom stereocenters. The first-order valence-corrected chi connectivity index (χ1v) is 5.07. The summed E-state index contributed by atoms with van der Waals surface area (Å²) in [6.07, 6.45) is 3.29. The molecule has 1 heterocycles. The van der Waals surface area contributed by atoms with Crippen molar-refractivity contribution < 1.29 is 4.39 Å². The standard InChI is InChI=1S/C13H13FN2/c1-4-10-8(2)11(5-6-12(10)14)13-7-15-9(3)16-13/h4-7H,1H2,2-3H3,(H,15,16). The van der Waals surface area contributed by atoms with E-state index < -0.39 is 0 Å².